The number of hydrogen-bond donors (Lipinski definition) is 1. The maximum atomic E-state index is 12.8. The normalized spacial score (nSPS) is 26.4. The van der Waals surface area contributed by atoms with Crippen LogP contribution in [0.1, 0.15) is 54.4 Å². The van der Waals surface area contributed by atoms with E-state index >= 15 is 0 Å². The highest BCUT2D eigenvalue weighted by Gasteiger charge is 2.33. The fourth-order valence-corrected chi connectivity index (χ4v) is 3.43. The van der Waals surface area contributed by atoms with E-state index in [0.717, 1.165) is 56.4 Å². The van der Waals surface area contributed by atoms with E-state index in [1.807, 2.05) is 4.90 Å². The van der Waals surface area contributed by atoms with Gasteiger partial charge in [-0.15, -0.1) is 0 Å². The van der Waals surface area contributed by atoms with Crippen LogP contribution in [-0.4, -0.2) is 35.1 Å². The third-order valence-electron chi connectivity index (χ3n) is 4.66. The zero-order valence-electron chi connectivity index (χ0n) is 12.1. The first-order valence-electron chi connectivity index (χ1n) is 7.69. The monoisotopic (exact) mass is 277 g/mol. The van der Waals surface area contributed by atoms with Gasteiger partial charge in [-0.3, -0.25) is 4.79 Å². The molecule has 1 aromatic rings. The first-order valence-corrected chi connectivity index (χ1v) is 7.69. The van der Waals surface area contributed by atoms with Gasteiger partial charge in [-0.2, -0.15) is 0 Å². The van der Waals surface area contributed by atoms with Crippen molar-refractivity contribution in [2.45, 2.75) is 51.5 Å². The Balaban J connectivity index is 1.83. The van der Waals surface area contributed by atoms with Gasteiger partial charge >= 0.3 is 0 Å². The van der Waals surface area contributed by atoms with Crippen LogP contribution < -0.4 is 5.73 Å². The number of carbonyl (C=O) groups is 1. The van der Waals surface area contributed by atoms with Crippen LogP contribution in [0.4, 0.5) is 0 Å². The molecule has 0 radical (unpaired) electrons. The number of hydrogen-bond acceptors (Lipinski definition) is 4. The highest BCUT2D eigenvalue weighted by atomic mass is 16.5. The highest BCUT2D eigenvalue weighted by molar-refractivity contribution is 5.94. The molecule has 0 saturated carbocycles. The lowest BCUT2D eigenvalue weighted by molar-refractivity contribution is 0.0562. The van der Waals surface area contributed by atoms with Crippen molar-refractivity contribution in [1.82, 2.24) is 10.1 Å². The Bertz CT molecular complexity index is 497. The molecular formula is C15H23N3O2. The Morgan fingerprint density at radius 3 is 3.05 bits per heavy atom. The summed E-state index contributed by atoms with van der Waals surface area (Å²) in [6.07, 6.45) is 6.10. The van der Waals surface area contributed by atoms with Gasteiger partial charge in [0, 0.05) is 31.1 Å². The Kier molecular flexibility index (Phi) is 3.78. The lowest BCUT2D eigenvalue weighted by Crippen LogP contribution is -2.49. The number of fused-ring (bicyclic) bond motifs is 1. The molecule has 3 rings (SSSR count). The summed E-state index contributed by atoms with van der Waals surface area (Å²) in [5, 5.41) is 4.05. The van der Waals surface area contributed by atoms with E-state index < -0.39 is 0 Å². The van der Waals surface area contributed by atoms with E-state index in [-0.39, 0.29) is 11.9 Å². The maximum Gasteiger partial charge on any atom is 0.276 e. The molecule has 1 fully saturated rings. The molecule has 2 unspecified atom stereocenters. The van der Waals surface area contributed by atoms with Crippen molar-refractivity contribution >= 4 is 5.91 Å². The van der Waals surface area contributed by atoms with Gasteiger partial charge in [0.1, 0.15) is 5.76 Å². The third-order valence-corrected chi connectivity index (χ3v) is 4.66. The fraction of sp³-hybridized carbons (Fsp3) is 0.733. The van der Waals surface area contributed by atoms with Gasteiger partial charge in [0.2, 0.25) is 0 Å². The zero-order chi connectivity index (χ0) is 14.1. The minimum atomic E-state index is 0.0132. The summed E-state index contributed by atoms with van der Waals surface area (Å²) in [4.78, 5) is 14.7. The number of piperidine rings is 1. The smallest absolute Gasteiger partial charge is 0.276 e. The minimum absolute atomic E-state index is 0.0132. The van der Waals surface area contributed by atoms with E-state index in [9.17, 15) is 4.79 Å². The summed E-state index contributed by atoms with van der Waals surface area (Å²) in [5.41, 5.74) is 7.42. The van der Waals surface area contributed by atoms with Crippen LogP contribution in [0.5, 0.6) is 0 Å². The number of rotatable bonds is 2. The van der Waals surface area contributed by atoms with Crippen molar-refractivity contribution in [2.24, 2.45) is 11.7 Å². The topological polar surface area (TPSA) is 72.4 Å². The van der Waals surface area contributed by atoms with Crippen molar-refractivity contribution in [1.29, 1.82) is 0 Å². The lowest BCUT2D eigenvalue weighted by atomic mass is 9.91. The molecule has 5 heteroatoms. The summed E-state index contributed by atoms with van der Waals surface area (Å²) in [7, 11) is 0. The Labute approximate surface area is 119 Å². The molecule has 2 N–H and O–H groups in total. The molecule has 1 aliphatic carbocycles. The highest BCUT2D eigenvalue weighted by Crippen LogP contribution is 2.28. The molecule has 2 heterocycles. The quantitative estimate of drug-likeness (QED) is 0.894. The van der Waals surface area contributed by atoms with Crippen molar-refractivity contribution in [3.8, 4) is 0 Å². The van der Waals surface area contributed by atoms with Crippen LogP contribution in [0.15, 0.2) is 4.52 Å². The van der Waals surface area contributed by atoms with Crippen LogP contribution in [0.2, 0.25) is 0 Å². The molecule has 0 bridgehead atoms. The largest absolute Gasteiger partial charge is 0.360 e. The second kappa shape index (κ2) is 5.56. The first-order chi connectivity index (χ1) is 9.70. The Morgan fingerprint density at radius 2 is 2.25 bits per heavy atom. The van der Waals surface area contributed by atoms with Crippen molar-refractivity contribution in [2.75, 3.05) is 13.1 Å². The number of aryl methyl sites for hydroxylation is 1. The third kappa shape index (κ3) is 2.35. The van der Waals surface area contributed by atoms with Gasteiger partial charge in [-0.25, -0.2) is 0 Å². The van der Waals surface area contributed by atoms with Crippen LogP contribution in [-0.2, 0) is 12.8 Å². The predicted molar refractivity (Wildman–Crippen MR) is 75.4 cm³/mol. The van der Waals surface area contributed by atoms with Crippen LogP contribution in [0.3, 0.4) is 0 Å². The zero-order valence-corrected chi connectivity index (χ0v) is 12.1. The maximum absolute atomic E-state index is 12.8. The van der Waals surface area contributed by atoms with E-state index in [1.165, 1.54) is 0 Å². The first kappa shape index (κ1) is 13.6. The Hall–Kier alpha value is -1.36. The van der Waals surface area contributed by atoms with Crippen LogP contribution >= 0.6 is 0 Å². The molecule has 1 aromatic heterocycles. The second-order valence-electron chi connectivity index (χ2n) is 6.16. The van der Waals surface area contributed by atoms with Crippen LogP contribution in [0.25, 0.3) is 0 Å². The molecule has 0 aromatic carbocycles. The molecule has 2 atom stereocenters. The molecule has 110 valence electrons. The van der Waals surface area contributed by atoms with Gasteiger partial charge in [-0.05, 0) is 38.0 Å². The van der Waals surface area contributed by atoms with Gasteiger partial charge in [-0.1, -0.05) is 12.1 Å². The van der Waals surface area contributed by atoms with Crippen LogP contribution in [0, 0.1) is 5.92 Å². The van der Waals surface area contributed by atoms with Gasteiger partial charge in [0.25, 0.3) is 5.91 Å². The number of nitrogens with two attached hydrogens (primary N) is 1. The predicted octanol–water partition coefficient (Wildman–Crippen LogP) is 1.75. The number of amides is 1. The Morgan fingerprint density at radius 1 is 1.45 bits per heavy atom. The summed E-state index contributed by atoms with van der Waals surface area (Å²) < 4.78 is 5.36. The van der Waals surface area contributed by atoms with Crippen molar-refractivity contribution < 1.29 is 9.32 Å². The average Bonchev–Trinajstić information content (AvgIpc) is 2.90. The second-order valence-corrected chi connectivity index (χ2v) is 6.16. The molecule has 2 aliphatic rings. The van der Waals surface area contributed by atoms with Gasteiger partial charge in [0.15, 0.2) is 5.69 Å². The number of nitrogens with zero attached hydrogens (tertiary/aromatic N) is 2. The lowest BCUT2D eigenvalue weighted by Gasteiger charge is -2.37. The number of carbonyl (C=O) groups excluding carboxylic acids is 1. The minimum Gasteiger partial charge on any atom is -0.360 e. The number of likely N-dealkylation sites (tertiary alicyclic amines) is 1. The summed E-state index contributed by atoms with van der Waals surface area (Å²) in [6, 6.07) is 0.141. The molecule has 20 heavy (non-hydrogen) atoms. The average molecular weight is 277 g/mol. The summed E-state index contributed by atoms with van der Waals surface area (Å²) >= 11 is 0. The SMILES string of the molecule is CC1CCN(C(=O)c2noc3c2CCCC3)C(CN)C1. The van der Waals surface area contributed by atoms with E-state index in [4.69, 9.17) is 10.3 Å². The molecule has 5 nitrogen and oxygen atoms in total. The summed E-state index contributed by atoms with van der Waals surface area (Å²) in [5.74, 6) is 1.56. The van der Waals surface area contributed by atoms with Gasteiger partial charge in [0.05, 0.1) is 0 Å². The number of aromatic nitrogens is 1. The molecule has 1 aliphatic heterocycles. The molecule has 1 saturated heterocycles. The van der Waals surface area contributed by atoms with Gasteiger partial charge < -0.3 is 15.2 Å². The fourth-order valence-electron chi connectivity index (χ4n) is 3.43. The molecular weight excluding hydrogens is 254 g/mol. The van der Waals surface area contributed by atoms with E-state index in [2.05, 4.69) is 12.1 Å². The molecule has 1 amide bonds. The van der Waals surface area contributed by atoms with E-state index in [0.29, 0.717) is 18.2 Å². The van der Waals surface area contributed by atoms with Crippen molar-refractivity contribution in [3.63, 3.8) is 0 Å². The van der Waals surface area contributed by atoms with Crippen molar-refractivity contribution in [3.05, 3.63) is 17.0 Å². The van der Waals surface area contributed by atoms with E-state index in [1.54, 1.807) is 0 Å². The standard InChI is InChI=1S/C15H23N3O2/c1-10-6-7-18(11(8-10)9-16)15(19)14-12-4-2-3-5-13(12)20-17-14/h10-11H,2-9,16H2,1H3. The molecule has 0 spiro atoms. The summed E-state index contributed by atoms with van der Waals surface area (Å²) in [6.45, 7) is 3.53.